The molecule has 0 unspecified atom stereocenters. The second kappa shape index (κ2) is 5.02. The standard InChI is InChI=1S/C13H26/c1-10(2)5-6-12-8-13(9-12)7-11(3)4/h10-13H,5-9H2,1-4H3. The van der Waals surface area contributed by atoms with E-state index in [-0.39, 0.29) is 0 Å². The average Bonchev–Trinajstić information content (AvgIpc) is 1.92. The van der Waals surface area contributed by atoms with Crippen LogP contribution in [-0.2, 0) is 0 Å². The summed E-state index contributed by atoms with van der Waals surface area (Å²) in [5.41, 5.74) is 0. The Balaban J connectivity index is 1.98. The molecule has 0 aromatic carbocycles. The maximum Gasteiger partial charge on any atom is -0.0407 e. The summed E-state index contributed by atoms with van der Waals surface area (Å²) in [5.74, 6) is 3.99. The normalized spacial score (nSPS) is 28.2. The number of hydrogen-bond acceptors (Lipinski definition) is 0. The third-order valence-electron chi connectivity index (χ3n) is 3.29. The summed E-state index contributed by atoms with van der Waals surface area (Å²) in [6, 6.07) is 0. The third kappa shape index (κ3) is 4.15. The lowest BCUT2D eigenvalue weighted by molar-refractivity contribution is 0.149. The molecule has 0 nitrogen and oxygen atoms in total. The van der Waals surface area contributed by atoms with Gasteiger partial charge in [0, 0.05) is 0 Å². The predicted octanol–water partition coefficient (Wildman–Crippen LogP) is 4.49. The van der Waals surface area contributed by atoms with Gasteiger partial charge in [0.2, 0.25) is 0 Å². The van der Waals surface area contributed by atoms with E-state index in [2.05, 4.69) is 27.7 Å². The predicted molar refractivity (Wildman–Crippen MR) is 59.7 cm³/mol. The van der Waals surface area contributed by atoms with Crippen molar-refractivity contribution < 1.29 is 0 Å². The van der Waals surface area contributed by atoms with Gasteiger partial charge in [-0.3, -0.25) is 0 Å². The summed E-state index contributed by atoms with van der Waals surface area (Å²) in [5, 5.41) is 0. The molecular formula is C13H26. The van der Waals surface area contributed by atoms with Crippen molar-refractivity contribution in [3.05, 3.63) is 0 Å². The summed E-state index contributed by atoms with van der Waals surface area (Å²) in [4.78, 5) is 0. The highest BCUT2D eigenvalue weighted by Gasteiger charge is 2.28. The first-order valence-corrected chi connectivity index (χ1v) is 6.08. The van der Waals surface area contributed by atoms with Crippen molar-refractivity contribution in [3.8, 4) is 0 Å². The molecule has 0 bridgehead atoms. The van der Waals surface area contributed by atoms with Gasteiger partial charge in [0.05, 0.1) is 0 Å². The first kappa shape index (κ1) is 11.1. The molecule has 0 radical (unpaired) electrons. The van der Waals surface area contributed by atoms with Crippen molar-refractivity contribution in [1.82, 2.24) is 0 Å². The van der Waals surface area contributed by atoms with Gasteiger partial charge in [-0.1, -0.05) is 40.5 Å². The Morgan fingerprint density at radius 2 is 1.54 bits per heavy atom. The fraction of sp³-hybridized carbons (Fsp3) is 1.00. The van der Waals surface area contributed by atoms with Gasteiger partial charge in [0.15, 0.2) is 0 Å². The number of rotatable bonds is 5. The zero-order valence-corrected chi connectivity index (χ0v) is 9.84. The average molecular weight is 182 g/mol. The minimum absolute atomic E-state index is 0.907. The molecule has 1 aliphatic rings. The van der Waals surface area contributed by atoms with E-state index in [1.807, 2.05) is 0 Å². The molecule has 78 valence electrons. The van der Waals surface area contributed by atoms with Crippen LogP contribution in [-0.4, -0.2) is 0 Å². The lowest BCUT2D eigenvalue weighted by Crippen LogP contribution is -2.25. The summed E-state index contributed by atoms with van der Waals surface area (Å²) in [6.45, 7) is 9.37. The van der Waals surface area contributed by atoms with Crippen LogP contribution in [0.2, 0.25) is 0 Å². The molecular weight excluding hydrogens is 156 g/mol. The molecule has 1 fully saturated rings. The molecule has 0 aromatic rings. The summed E-state index contributed by atoms with van der Waals surface area (Å²) in [7, 11) is 0. The molecule has 0 spiro atoms. The second-order valence-corrected chi connectivity index (χ2v) is 5.80. The smallest absolute Gasteiger partial charge is 0.0407 e. The van der Waals surface area contributed by atoms with E-state index in [0.29, 0.717) is 0 Å². The van der Waals surface area contributed by atoms with E-state index in [1.165, 1.54) is 32.1 Å². The fourth-order valence-corrected chi connectivity index (χ4v) is 2.54. The molecule has 13 heavy (non-hydrogen) atoms. The van der Waals surface area contributed by atoms with Crippen LogP contribution in [0.4, 0.5) is 0 Å². The Kier molecular flexibility index (Phi) is 4.28. The van der Waals surface area contributed by atoms with Crippen molar-refractivity contribution in [2.75, 3.05) is 0 Å². The molecule has 1 saturated carbocycles. The maximum atomic E-state index is 2.35. The van der Waals surface area contributed by atoms with E-state index in [4.69, 9.17) is 0 Å². The van der Waals surface area contributed by atoms with E-state index in [9.17, 15) is 0 Å². The molecule has 1 rings (SSSR count). The van der Waals surface area contributed by atoms with Crippen molar-refractivity contribution in [2.24, 2.45) is 23.7 Å². The lowest BCUT2D eigenvalue weighted by Gasteiger charge is -2.37. The van der Waals surface area contributed by atoms with Crippen LogP contribution in [0.3, 0.4) is 0 Å². The molecule has 0 saturated heterocycles. The molecule has 0 heteroatoms. The van der Waals surface area contributed by atoms with Crippen LogP contribution in [0.5, 0.6) is 0 Å². The topological polar surface area (TPSA) is 0 Å². The molecule has 0 aliphatic heterocycles. The molecule has 0 aromatic heterocycles. The van der Waals surface area contributed by atoms with E-state index in [0.717, 1.165) is 23.7 Å². The highest BCUT2D eigenvalue weighted by atomic mass is 14.3. The van der Waals surface area contributed by atoms with Gasteiger partial charge in [0.1, 0.15) is 0 Å². The van der Waals surface area contributed by atoms with Gasteiger partial charge in [-0.25, -0.2) is 0 Å². The van der Waals surface area contributed by atoms with E-state index < -0.39 is 0 Å². The number of hydrogen-bond donors (Lipinski definition) is 0. The van der Waals surface area contributed by atoms with Crippen molar-refractivity contribution in [2.45, 2.75) is 59.8 Å². The van der Waals surface area contributed by atoms with Gasteiger partial charge in [-0.2, -0.15) is 0 Å². The van der Waals surface area contributed by atoms with Gasteiger partial charge < -0.3 is 0 Å². The summed E-state index contributed by atoms with van der Waals surface area (Å²) in [6.07, 6.45) is 7.47. The summed E-state index contributed by atoms with van der Waals surface area (Å²) < 4.78 is 0. The molecule has 0 atom stereocenters. The lowest BCUT2D eigenvalue weighted by atomic mass is 9.69. The molecule has 0 heterocycles. The highest BCUT2D eigenvalue weighted by molar-refractivity contribution is 4.80. The van der Waals surface area contributed by atoms with Crippen LogP contribution in [0.25, 0.3) is 0 Å². The Hall–Kier alpha value is 0. The zero-order valence-electron chi connectivity index (χ0n) is 9.84. The van der Waals surface area contributed by atoms with E-state index in [1.54, 1.807) is 0 Å². The third-order valence-corrected chi connectivity index (χ3v) is 3.29. The Labute approximate surface area is 84.1 Å². The Morgan fingerprint density at radius 3 is 2.00 bits per heavy atom. The maximum absolute atomic E-state index is 2.35. The van der Waals surface area contributed by atoms with Crippen molar-refractivity contribution >= 4 is 0 Å². The molecule has 1 aliphatic carbocycles. The molecule has 0 N–H and O–H groups in total. The Morgan fingerprint density at radius 1 is 0.923 bits per heavy atom. The van der Waals surface area contributed by atoms with Gasteiger partial charge >= 0.3 is 0 Å². The minimum atomic E-state index is 0.907. The SMILES string of the molecule is CC(C)CCC1CC(CC(C)C)C1. The van der Waals surface area contributed by atoms with Crippen LogP contribution in [0.1, 0.15) is 59.8 Å². The molecule has 0 amide bonds. The van der Waals surface area contributed by atoms with Gasteiger partial charge in [-0.15, -0.1) is 0 Å². The first-order chi connectivity index (χ1) is 6.08. The largest absolute Gasteiger partial charge is 0.0628 e. The van der Waals surface area contributed by atoms with Gasteiger partial charge in [-0.05, 0) is 42.9 Å². The van der Waals surface area contributed by atoms with Gasteiger partial charge in [0.25, 0.3) is 0 Å². The van der Waals surface area contributed by atoms with Crippen molar-refractivity contribution in [1.29, 1.82) is 0 Å². The van der Waals surface area contributed by atoms with Crippen LogP contribution < -0.4 is 0 Å². The van der Waals surface area contributed by atoms with Crippen LogP contribution in [0, 0.1) is 23.7 Å². The first-order valence-electron chi connectivity index (χ1n) is 6.08. The zero-order chi connectivity index (χ0) is 9.84. The minimum Gasteiger partial charge on any atom is -0.0628 e. The second-order valence-electron chi connectivity index (χ2n) is 5.80. The van der Waals surface area contributed by atoms with Crippen LogP contribution in [0.15, 0.2) is 0 Å². The Bertz CT molecular complexity index is 129. The van der Waals surface area contributed by atoms with E-state index >= 15 is 0 Å². The van der Waals surface area contributed by atoms with Crippen molar-refractivity contribution in [3.63, 3.8) is 0 Å². The quantitative estimate of drug-likeness (QED) is 0.587. The fourth-order valence-electron chi connectivity index (χ4n) is 2.54. The summed E-state index contributed by atoms with van der Waals surface area (Å²) >= 11 is 0. The van der Waals surface area contributed by atoms with Crippen LogP contribution >= 0.6 is 0 Å². The monoisotopic (exact) mass is 182 g/mol. The highest BCUT2D eigenvalue weighted by Crippen LogP contribution is 2.40.